The average Bonchev–Trinajstić information content (AvgIpc) is 2.63. The van der Waals surface area contributed by atoms with E-state index < -0.39 is 29.5 Å². The zero-order valence-corrected chi connectivity index (χ0v) is 14.9. The molecule has 1 unspecified atom stereocenters. The molecule has 2 aromatic carbocycles. The maximum absolute atomic E-state index is 13.1. The van der Waals surface area contributed by atoms with Gasteiger partial charge in [0.1, 0.15) is 5.82 Å². The van der Waals surface area contributed by atoms with E-state index in [1.165, 1.54) is 18.2 Å². The van der Waals surface area contributed by atoms with Crippen molar-refractivity contribution < 1.29 is 23.9 Å². The van der Waals surface area contributed by atoms with E-state index in [0.29, 0.717) is 0 Å². The Morgan fingerprint density at radius 3 is 2.48 bits per heavy atom. The smallest absolute Gasteiger partial charge is 0.308 e. The molecule has 0 bridgehead atoms. The van der Waals surface area contributed by atoms with Gasteiger partial charge in [-0.1, -0.05) is 35.9 Å². The lowest BCUT2D eigenvalue weighted by Gasteiger charge is -2.14. The summed E-state index contributed by atoms with van der Waals surface area (Å²) in [6, 6.07) is 12.6. The van der Waals surface area contributed by atoms with E-state index in [-0.39, 0.29) is 25.1 Å². The van der Waals surface area contributed by atoms with E-state index in [2.05, 4.69) is 10.6 Å². The Labute approximate surface area is 156 Å². The van der Waals surface area contributed by atoms with Crippen LogP contribution in [0.5, 0.6) is 0 Å². The van der Waals surface area contributed by atoms with Crippen molar-refractivity contribution in [3.63, 3.8) is 0 Å². The SMILES string of the molecule is Cc1cccc(CC(CNC(=O)CNC(=O)c2cccc(F)c2)C(=O)O)c1. The van der Waals surface area contributed by atoms with E-state index in [0.717, 1.165) is 17.2 Å². The first kappa shape index (κ1) is 20.1. The van der Waals surface area contributed by atoms with Crippen molar-refractivity contribution in [2.24, 2.45) is 5.92 Å². The molecule has 6 nitrogen and oxygen atoms in total. The average molecular weight is 372 g/mol. The Kier molecular flexibility index (Phi) is 7.05. The van der Waals surface area contributed by atoms with Gasteiger partial charge < -0.3 is 15.7 Å². The molecule has 2 aromatic rings. The number of rotatable bonds is 8. The minimum absolute atomic E-state index is 0.0576. The molecule has 0 aliphatic heterocycles. The van der Waals surface area contributed by atoms with Gasteiger partial charge in [0.2, 0.25) is 5.91 Å². The standard InChI is InChI=1S/C20H21FN2O4/c1-13-4-2-5-14(8-13)9-16(20(26)27)11-22-18(24)12-23-19(25)15-6-3-7-17(21)10-15/h2-8,10,16H,9,11-12H2,1H3,(H,22,24)(H,23,25)(H,26,27). The Balaban J connectivity index is 1.83. The van der Waals surface area contributed by atoms with Gasteiger partial charge in [-0.2, -0.15) is 0 Å². The van der Waals surface area contributed by atoms with Gasteiger partial charge in [-0.3, -0.25) is 14.4 Å². The number of amides is 2. The number of carbonyl (C=O) groups excluding carboxylic acids is 2. The minimum atomic E-state index is -1.01. The van der Waals surface area contributed by atoms with Gasteiger partial charge in [0.05, 0.1) is 12.5 Å². The first-order valence-corrected chi connectivity index (χ1v) is 8.44. The topological polar surface area (TPSA) is 95.5 Å². The Hall–Kier alpha value is -3.22. The van der Waals surface area contributed by atoms with Gasteiger partial charge in [-0.15, -0.1) is 0 Å². The van der Waals surface area contributed by atoms with Crippen LogP contribution in [0.25, 0.3) is 0 Å². The number of nitrogens with one attached hydrogen (secondary N) is 2. The van der Waals surface area contributed by atoms with Crippen LogP contribution in [0, 0.1) is 18.7 Å². The fourth-order valence-corrected chi connectivity index (χ4v) is 2.56. The monoisotopic (exact) mass is 372 g/mol. The summed E-state index contributed by atoms with van der Waals surface area (Å²) in [5, 5.41) is 14.2. The highest BCUT2D eigenvalue weighted by molar-refractivity contribution is 5.96. The van der Waals surface area contributed by atoms with Crippen LogP contribution in [0.2, 0.25) is 0 Å². The summed E-state index contributed by atoms with van der Waals surface area (Å²) < 4.78 is 13.1. The number of carboxylic acids is 1. The van der Waals surface area contributed by atoms with Crippen LogP contribution in [0.4, 0.5) is 4.39 Å². The van der Waals surface area contributed by atoms with Crippen molar-refractivity contribution in [1.82, 2.24) is 10.6 Å². The third-order valence-electron chi connectivity index (χ3n) is 3.96. The molecule has 0 aliphatic rings. The van der Waals surface area contributed by atoms with Gasteiger partial charge in [0.25, 0.3) is 5.91 Å². The number of carboxylic acid groups (broad SMARTS) is 1. The van der Waals surface area contributed by atoms with Crippen molar-refractivity contribution in [3.8, 4) is 0 Å². The highest BCUT2D eigenvalue weighted by Gasteiger charge is 2.19. The van der Waals surface area contributed by atoms with Crippen LogP contribution in [-0.4, -0.2) is 36.0 Å². The molecule has 0 spiro atoms. The van der Waals surface area contributed by atoms with Crippen molar-refractivity contribution in [2.75, 3.05) is 13.1 Å². The van der Waals surface area contributed by atoms with Crippen LogP contribution in [0.3, 0.4) is 0 Å². The molecule has 7 heteroatoms. The van der Waals surface area contributed by atoms with E-state index in [4.69, 9.17) is 0 Å². The zero-order valence-electron chi connectivity index (χ0n) is 14.9. The second-order valence-electron chi connectivity index (χ2n) is 6.23. The van der Waals surface area contributed by atoms with Crippen molar-refractivity contribution in [2.45, 2.75) is 13.3 Å². The summed E-state index contributed by atoms with van der Waals surface area (Å²) in [7, 11) is 0. The number of aryl methyl sites for hydroxylation is 1. The highest BCUT2D eigenvalue weighted by Crippen LogP contribution is 2.11. The summed E-state index contributed by atoms with van der Waals surface area (Å²) in [6.45, 7) is 1.53. The van der Waals surface area contributed by atoms with Crippen LogP contribution in [0.1, 0.15) is 21.5 Å². The maximum Gasteiger partial charge on any atom is 0.308 e. The number of halogens is 1. The molecular formula is C20H21FN2O4. The second kappa shape index (κ2) is 9.47. The summed E-state index contributed by atoms with van der Waals surface area (Å²) in [4.78, 5) is 35.2. The lowest BCUT2D eigenvalue weighted by atomic mass is 9.98. The van der Waals surface area contributed by atoms with Gasteiger partial charge >= 0.3 is 5.97 Å². The molecule has 0 saturated carbocycles. The van der Waals surface area contributed by atoms with E-state index in [1.807, 2.05) is 31.2 Å². The molecule has 2 amide bonds. The van der Waals surface area contributed by atoms with Gasteiger partial charge in [0.15, 0.2) is 0 Å². The van der Waals surface area contributed by atoms with Crippen molar-refractivity contribution >= 4 is 17.8 Å². The largest absolute Gasteiger partial charge is 0.481 e. The normalized spacial score (nSPS) is 11.5. The minimum Gasteiger partial charge on any atom is -0.481 e. The number of carbonyl (C=O) groups is 3. The fraction of sp³-hybridized carbons (Fsp3) is 0.250. The van der Waals surface area contributed by atoms with Gasteiger partial charge in [-0.05, 0) is 37.1 Å². The molecule has 2 rings (SSSR count). The fourth-order valence-electron chi connectivity index (χ4n) is 2.56. The maximum atomic E-state index is 13.1. The zero-order chi connectivity index (χ0) is 19.8. The third-order valence-corrected chi connectivity index (χ3v) is 3.96. The Morgan fingerprint density at radius 1 is 1.07 bits per heavy atom. The number of benzene rings is 2. The molecule has 0 aliphatic carbocycles. The van der Waals surface area contributed by atoms with Crippen molar-refractivity contribution in [3.05, 3.63) is 71.0 Å². The molecule has 1 atom stereocenters. The molecule has 3 N–H and O–H groups in total. The predicted octanol–water partition coefficient (Wildman–Crippen LogP) is 1.92. The van der Waals surface area contributed by atoms with Crippen LogP contribution >= 0.6 is 0 Å². The quantitative estimate of drug-likeness (QED) is 0.660. The van der Waals surface area contributed by atoms with Gasteiger partial charge in [0, 0.05) is 12.1 Å². The molecule has 0 fully saturated rings. The predicted molar refractivity (Wildman–Crippen MR) is 97.8 cm³/mol. The number of hydrogen-bond donors (Lipinski definition) is 3. The lowest BCUT2D eigenvalue weighted by Crippen LogP contribution is -2.40. The van der Waals surface area contributed by atoms with Crippen LogP contribution < -0.4 is 10.6 Å². The molecule has 0 heterocycles. The summed E-state index contributed by atoms with van der Waals surface area (Å²) >= 11 is 0. The molecule has 0 aromatic heterocycles. The first-order chi connectivity index (χ1) is 12.8. The van der Waals surface area contributed by atoms with Crippen LogP contribution in [0.15, 0.2) is 48.5 Å². The molecule has 142 valence electrons. The number of aliphatic carboxylic acids is 1. The Bertz CT molecular complexity index is 838. The highest BCUT2D eigenvalue weighted by atomic mass is 19.1. The van der Waals surface area contributed by atoms with E-state index >= 15 is 0 Å². The van der Waals surface area contributed by atoms with Crippen molar-refractivity contribution in [1.29, 1.82) is 0 Å². The second-order valence-corrected chi connectivity index (χ2v) is 6.23. The molecule has 0 saturated heterocycles. The third kappa shape index (κ3) is 6.54. The van der Waals surface area contributed by atoms with Gasteiger partial charge in [-0.25, -0.2) is 4.39 Å². The lowest BCUT2D eigenvalue weighted by molar-refractivity contribution is -0.141. The van der Waals surface area contributed by atoms with E-state index in [1.54, 1.807) is 0 Å². The summed E-state index contributed by atoms with van der Waals surface area (Å²) in [5.41, 5.74) is 2.00. The summed E-state index contributed by atoms with van der Waals surface area (Å²) in [5.74, 6) is -3.45. The Morgan fingerprint density at radius 2 is 1.81 bits per heavy atom. The molecular weight excluding hydrogens is 351 g/mol. The van der Waals surface area contributed by atoms with Crippen LogP contribution in [-0.2, 0) is 16.0 Å². The van der Waals surface area contributed by atoms with E-state index in [9.17, 15) is 23.9 Å². The molecule has 27 heavy (non-hydrogen) atoms. The molecule has 0 radical (unpaired) electrons. The summed E-state index contributed by atoms with van der Waals surface area (Å²) in [6.07, 6.45) is 0.285. The first-order valence-electron chi connectivity index (χ1n) is 8.44. The number of hydrogen-bond acceptors (Lipinski definition) is 3.